The molecular formula is C13H18O2S. The molecule has 0 saturated carbocycles. The molecular weight excluding hydrogens is 220 g/mol. The van der Waals surface area contributed by atoms with Crippen LogP contribution in [-0.2, 0) is 15.2 Å². The summed E-state index contributed by atoms with van der Waals surface area (Å²) in [7, 11) is 0. The Morgan fingerprint density at radius 2 is 2.00 bits per heavy atom. The Kier molecular flexibility index (Phi) is 4.69. The molecule has 2 rings (SSSR count). The van der Waals surface area contributed by atoms with Crippen molar-refractivity contribution >= 4 is 11.8 Å². The van der Waals surface area contributed by atoms with Crippen LogP contribution in [0.2, 0.25) is 0 Å². The molecule has 1 aliphatic heterocycles. The lowest BCUT2D eigenvalue weighted by Crippen LogP contribution is -2.08. The number of rotatable bonds is 5. The summed E-state index contributed by atoms with van der Waals surface area (Å²) in [5.41, 5.74) is 2.81. The minimum atomic E-state index is 0.0457. The van der Waals surface area contributed by atoms with E-state index in [1.807, 2.05) is 11.8 Å². The fraction of sp³-hybridized carbons (Fsp3) is 0.538. The Morgan fingerprint density at radius 1 is 1.25 bits per heavy atom. The van der Waals surface area contributed by atoms with Crippen molar-refractivity contribution in [3.05, 3.63) is 35.4 Å². The fourth-order valence-electron chi connectivity index (χ4n) is 1.71. The summed E-state index contributed by atoms with van der Waals surface area (Å²) in [6, 6.07) is 8.56. The van der Waals surface area contributed by atoms with Crippen molar-refractivity contribution in [1.82, 2.24) is 0 Å². The zero-order chi connectivity index (χ0) is 11.2. The molecule has 1 heterocycles. The summed E-state index contributed by atoms with van der Waals surface area (Å²) >= 11 is 1.95. The number of ether oxygens (including phenoxy) is 2. The molecule has 0 aromatic heterocycles. The molecule has 3 heteroatoms. The molecule has 0 amide bonds. The van der Waals surface area contributed by atoms with Gasteiger partial charge in [-0.25, -0.2) is 0 Å². The lowest BCUT2D eigenvalue weighted by molar-refractivity contribution is -0.0421. The maximum absolute atomic E-state index is 5.39. The first-order chi connectivity index (χ1) is 7.86. The van der Waals surface area contributed by atoms with Crippen molar-refractivity contribution < 1.29 is 9.47 Å². The van der Waals surface area contributed by atoms with Crippen molar-refractivity contribution in [2.75, 3.05) is 19.0 Å². The highest BCUT2D eigenvalue weighted by molar-refractivity contribution is 7.98. The lowest BCUT2D eigenvalue weighted by atomic mass is 10.1. The van der Waals surface area contributed by atoms with Crippen LogP contribution in [-0.4, -0.2) is 25.3 Å². The number of aryl methyl sites for hydroxylation is 1. The Hall–Kier alpha value is -0.510. The third-order valence-corrected chi connectivity index (χ3v) is 3.75. The zero-order valence-electron chi connectivity index (χ0n) is 9.65. The molecule has 0 unspecified atom stereocenters. The van der Waals surface area contributed by atoms with E-state index in [1.165, 1.54) is 11.1 Å². The number of thioether (sulfide) groups is 1. The van der Waals surface area contributed by atoms with Crippen LogP contribution in [0.25, 0.3) is 0 Å². The van der Waals surface area contributed by atoms with Gasteiger partial charge in [0, 0.05) is 12.2 Å². The third-order valence-electron chi connectivity index (χ3n) is 2.71. The Balaban J connectivity index is 1.66. The average Bonchev–Trinajstić information content (AvgIpc) is 2.79. The van der Waals surface area contributed by atoms with Gasteiger partial charge in [-0.05, 0) is 23.8 Å². The van der Waals surface area contributed by atoms with Crippen molar-refractivity contribution in [2.45, 2.75) is 25.4 Å². The van der Waals surface area contributed by atoms with Crippen LogP contribution < -0.4 is 0 Å². The molecule has 0 spiro atoms. The highest BCUT2D eigenvalue weighted by Crippen LogP contribution is 2.18. The second kappa shape index (κ2) is 6.28. The molecule has 1 fully saturated rings. The minimum Gasteiger partial charge on any atom is -0.350 e. The van der Waals surface area contributed by atoms with Crippen molar-refractivity contribution in [1.29, 1.82) is 0 Å². The van der Waals surface area contributed by atoms with Gasteiger partial charge in [0.05, 0.1) is 13.2 Å². The summed E-state index contributed by atoms with van der Waals surface area (Å²) < 4.78 is 10.8. The predicted molar refractivity (Wildman–Crippen MR) is 67.7 cm³/mol. The van der Waals surface area contributed by atoms with Crippen LogP contribution in [0.4, 0.5) is 0 Å². The van der Waals surface area contributed by atoms with E-state index in [9.17, 15) is 0 Å². The van der Waals surface area contributed by atoms with Crippen LogP contribution in [0, 0.1) is 6.92 Å². The first kappa shape index (κ1) is 12.0. The molecule has 0 bridgehead atoms. The number of hydrogen-bond acceptors (Lipinski definition) is 3. The van der Waals surface area contributed by atoms with Gasteiger partial charge >= 0.3 is 0 Å². The average molecular weight is 238 g/mol. The van der Waals surface area contributed by atoms with E-state index in [-0.39, 0.29) is 6.29 Å². The summed E-state index contributed by atoms with van der Waals surface area (Å²) in [5.74, 6) is 2.18. The van der Waals surface area contributed by atoms with E-state index in [2.05, 4.69) is 31.2 Å². The molecule has 0 radical (unpaired) electrons. The minimum absolute atomic E-state index is 0.0457. The lowest BCUT2D eigenvalue weighted by Gasteiger charge is -2.09. The largest absolute Gasteiger partial charge is 0.350 e. The van der Waals surface area contributed by atoms with Crippen molar-refractivity contribution in [2.24, 2.45) is 0 Å². The van der Waals surface area contributed by atoms with Gasteiger partial charge in [-0.3, -0.25) is 0 Å². The molecule has 0 atom stereocenters. The second-order valence-corrected chi connectivity index (χ2v) is 5.04. The van der Waals surface area contributed by atoms with E-state index in [1.54, 1.807) is 0 Å². The third kappa shape index (κ3) is 3.51. The molecule has 1 aromatic rings. The standard InChI is InChI=1S/C13H18O2S/c1-11-4-2-3-5-12(11)10-16-9-6-13-14-7-8-15-13/h2-5,13H,6-10H2,1H3. The first-order valence-electron chi connectivity index (χ1n) is 5.72. The first-order valence-corrected chi connectivity index (χ1v) is 6.87. The van der Waals surface area contributed by atoms with Gasteiger partial charge < -0.3 is 9.47 Å². The van der Waals surface area contributed by atoms with Gasteiger partial charge in [0.2, 0.25) is 0 Å². The Bertz CT molecular complexity index is 321. The van der Waals surface area contributed by atoms with Gasteiger partial charge in [-0.2, -0.15) is 11.8 Å². The monoisotopic (exact) mass is 238 g/mol. The summed E-state index contributed by atoms with van der Waals surface area (Å²) in [6.45, 7) is 3.68. The number of hydrogen-bond donors (Lipinski definition) is 0. The maximum atomic E-state index is 5.39. The normalized spacial score (nSPS) is 16.8. The topological polar surface area (TPSA) is 18.5 Å². The van der Waals surface area contributed by atoms with Crippen LogP contribution in [0.1, 0.15) is 17.5 Å². The molecule has 0 N–H and O–H groups in total. The highest BCUT2D eigenvalue weighted by atomic mass is 32.2. The SMILES string of the molecule is Cc1ccccc1CSCCC1OCCO1. The van der Waals surface area contributed by atoms with Crippen LogP contribution in [0.3, 0.4) is 0 Å². The van der Waals surface area contributed by atoms with Crippen LogP contribution >= 0.6 is 11.8 Å². The van der Waals surface area contributed by atoms with Gasteiger partial charge in [0.15, 0.2) is 6.29 Å². The van der Waals surface area contributed by atoms with Crippen molar-refractivity contribution in [3.63, 3.8) is 0 Å². The molecule has 16 heavy (non-hydrogen) atoms. The van der Waals surface area contributed by atoms with Gasteiger partial charge in [0.1, 0.15) is 0 Å². The van der Waals surface area contributed by atoms with E-state index >= 15 is 0 Å². The van der Waals surface area contributed by atoms with Gasteiger partial charge in [0.25, 0.3) is 0 Å². The molecule has 1 aromatic carbocycles. The highest BCUT2D eigenvalue weighted by Gasteiger charge is 2.14. The zero-order valence-corrected chi connectivity index (χ0v) is 10.5. The second-order valence-electron chi connectivity index (χ2n) is 3.94. The predicted octanol–water partition coefficient (Wildman–Crippen LogP) is 2.99. The van der Waals surface area contributed by atoms with E-state index in [0.717, 1.165) is 31.1 Å². The van der Waals surface area contributed by atoms with Crippen molar-refractivity contribution in [3.8, 4) is 0 Å². The summed E-state index contributed by atoms with van der Waals surface area (Å²) in [6.07, 6.45) is 1.04. The molecule has 1 saturated heterocycles. The smallest absolute Gasteiger partial charge is 0.158 e. The van der Waals surface area contributed by atoms with E-state index in [0.29, 0.717) is 0 Å². The fourth-order valence-corrected chi connectivity index (χ4v) is 2.75. The summed E-state index contributed by atoms with van der Waals surface area (Å²) in [5, 5.41) is 0. The van der Waals surface area contributed by atoms with Crippen LogP contribution in [0.5, 0.6) is 0 Å². The van der Waals surface area contributed by atoms with Crippen LogP contribution in [0.15, 0.2) is 24.3 Å². The van der Waals surface area contributed by atoms with E-state index in [4.69, 9.17) is 9.47 Å². The number of benzene rings is 1. The molecule has 0 aliphatic carbocycles. The Morgan fingerprint density at radius 3 is 2.75 bits per heavy atom. The molecule has 1 aliphatic rings. The maximum Gasteiger partial charge on any atom is 0.158 e. The van der Waals surface area contributed by atoms with E-state index < -0.39 is 0 Å². The molecule has 2 nitrogen and oxygen atoms in total. The van der Waals surface area contributed by atoms with Gasteiger partial charge in [-0.15, -0.1) is 0 Å². The van der Waals surface area contributed by atoms with Gasteiger partial charge in [-0.1, -0.05) is 24.3 Å². The Labute approximate surface area is 101 Å². The summed E-state index contributed by atoms with van der Waals surface area (Å²) in [4.78, 5) is 0. The quantitative estimate of drug-likeness (QED) is 0.735. The molecule has 88 valence electrons.